The highest BCUT2D eigenvalue weighted by atomic mass is 15.4. The topological polar surface area (TPSA) is 75.0 Å². The number of hydrogen-bond acceptors (Lipinski definition) is 7. The molecular formula is C20H26N8. The second kappa shape index (κ2) is 7.93. The monoisotopic (exact) mass is 378 g/mol. The van der Waals surface area contributed by atoms with Crippen LogP contribution in [-0.2, 0) is 0 Å². The van der Waals surface area contributed by atoms with Crippen molar-refractivity contribution in [1.29, 1.82) is 0 Å². The Morgan fingerprint density at radius 2 is 1.82 bits per heavy atom. The van der Waals surface area contributed by atoms with Crippen LogP contribution in [0.3, 0.4) is 0 Å². The molecule has 2 aromatic heterocycles. The standard InChI is InChI=1S/C20H26N8/c1-15(2)26-6-8-27(9-7-26)18-11-16(3)10-17(12-18)24-20-23-14-28(25-20)19-13-21-4-5-22-19/h4-5,10-15H,6-9H2,1-3H3,(H,24,25). The highest BCUT2D eigenvalue weighted by Gasteiger charge is 2.19. The zero-order chi connectivity index (χ0) is 19.5. The predicted octanol–water partition coefficient (Wildman–Crippen LogP) is 2.64. The summed E-state index contributed by atoms with van der Waals surface area (Å²) in [5.41, 5.74) is 3.43. The van der Waals surface area contributed by atoms with Crippen molar-refractivity contribution in [3.8, 4) is 5.82 Å². The second-order valence-electron chi connectivity index (χ2n) is 7.38. The van der Waals surface area contributed by atoms with E-state index in [1.54, 1.807) is 29.6 Å². The van der Waals surface area contributed by atoms with Crippen molar-refractivity contribution in [3.05, 3.63) is 48.7 Å². The number of rotatable bonds is 5. The number of aromatic nitrogens is 5. The lowest BCUT2D eigenvalue weighted by Crippen LogP contribution is -2.48. The number of aryl methyl sites for hydroxylation is 1. The average molecular weight is 378 g/mol. The van der Waals surface area contributed by atoms with Crippen LogP contribution < -0.4 is 10.2 Å². The summed E-state index contributed by atoms with van der Waals surface area (Å²) in [6, 6.07) is 7.12. The van der Waals surface area contributed by atoms with Gasteiger partial charge in [0.05, 0.1) is 6.20 Å². The molecule has 1 N–H and O–H groups in total. The van der Waals surface area contributed by atoms with E-state index < -0.39 is 0 Å². The minimum absolute atomic E-state index is 0.534. The van der Waals surface area contributed by atoms with Gasteiger partial charge in [0.2, 0.25) is 5.95 Å². The molecule has 3 heterocycles. The van der Waals surface area contributed by atoms with Crippen molar-refractivity contribution in [2.45, 2.75) is 26.8 Å². The summed E-state index contributed by atoms with van der Waals surface area (Å²) in [7, 11) is 0. The van der Waals surface area contributed by atoms with E-state index >= 15 is 0 Å². The van der Waals surface area contributed by atoms with Crippen LogP contribution in [-0.4, -0.2) is 61.9 Å². The van der Waals surface area contributed by atoms with Gasteiger partial charge in [-0.2, -0.15) is 9.67 Å². The zero-order valence-corrected chi connectivity index (χ0v) is 16.6. The quantitative estimate of drug-likeness (QED) is 0.731. The summed E-state index contributed by atoms with van der Waals surface area (Å²) >= 11 is 0. The maximum atomic E-state index is 4.45. The van der Waals surface area contributed by atoms with E-state index in [9.17, 15) is 0 Å². The first-order valence-electron chi connectivity index (χ1n) is 9.64. The molecule has 0 atom stereocenters. The molecule has 0 aliphatic carbocycles. The van der Waals surface area contributed by atoms with E-state index in [0.29, 0.717) is 17.8 Å². The summed E-state index contributed by atoms with van der Waals surface area (Å²) in [5.74, 6) is 1.17. The molecule has 28 heavy (non-hydrogen) atoms. The first-order chi connectivity index (χ1) is 13.6. The van der Waals surface area contributed by atoms with Crippen LogP contribution in [0, 0.1) is 6.92 Å². The lowest BCUT2D eigenvalue weighted by atomic mass is 10.1. The Hall–Kier alpha value is -3.00. The molecule has 0 unspecified atom stereocenters. The molecule has 3 aromatic rings. The largest absolute Gasteiger partial charge is 0.369 e. The van der Waals surface area contributed by atoms with Gasteiger partial charge in [0.25, 0.3) is 0 Å². The van der Waals surface area contributed by atoms with Gasteiger partial charge in [-0.15, -0.1) is 5.10 Å². The van der Waals surface area contributed by atoms with Gasteiger partial charge >= 0.3 is 0 Å². The third kappa shape index (κ3) is 4.12. The number of nitrogens with one attached hydrogen (secondary N) is 1. The summed E-state index contributed by atoms with van der Waals surface area (Å²) in [5, 5.41) is 7.76. The first-order valence-corrected chi connectivity index (χ1v) is 9.64. The molecular weight excluding hydrogens is 352 g/mol. The fraction of sp³-hybridized carbons (Fsp3) is 0.400. The molecule has 0 amide bonds. The van der Waals surface area contributed by atoms with Gasteiger partial charge < -0.3 is 10.2 Å². The maximum Gasteiger partial charge on any atom is 0.247 e. The van der Waals surface area contributed by atoms with Crippen molar-refractivity contribution in [2.24, 2.45) is 0 Å². The highest BCUT2D eigenvalue weighted by Crippen LogP contribution is 2.25. The van der Waals surface area contributed by atoms with Crippen molar-refractivity contribution in [2.75, 3.05) is 36.4 Å². The Morgan fingerprint density at radius 1 is 1.00 bits per heavy atom. The van der Waals surface area contributed by atoms with Crippen LogP contribution in [0.4, 0.5) is 17.3 Å². The van der Waals surface area contributed by atoms with E-state index in [1.165, 1.54) is 11.3 Å². The third-order valence-corrected chi connectivity index (χ3v) is 5.00. The van der Waals surface area contributed by atoms with Gasteiger partial charge in [0.1, 0.15) is 6.33 Å². The molecule has 8 heteroatoms. The van der Waals surface area contributed by atoms with Crippen LogP contribution >= 0.6 is 0 Å². The van der Waals surface area contributed by atoms with E-state index in [2.05, 4.69) is 74.1 Å². The molecule has 1 aliphatic heterocycles. The number of nitrogens with zero attached hydrogens (tertiary/aromatic N) is 7. The zero-order valence-electron chi connectivity index (χ0n) is 16.6. The number of benzene rings is 1. The number of piperazine rings is 1. The van der Waals surface area contributed by atoms with E-state index in [-0.39, 0.29) is 0 Å². The molecule has 1 aromatic carbocycles. The van der Waals surface area contributed by atoms with Gasteiger partial charge in [-0.05, 0) is 44.5 Å². The van der Waals surface area contributed by atoms with E-state index in [4.69, 9.17) is 0 Å². The summed E-state index contributed by atoms with van der Waals surface area (Å²) in [6.45, 7) is 10.9. The lowest BCUT2D eigenvalue weighted by Gasteiger charge is -2.38. The molecule has 0 bridgehead atoms. The molecule has 1 fully saturated rings. The summed E-state index contributed by atoms with van der Waals surface area (Å²) < 4.78 is 1.61. The Kier molecular flexibility index (Phi) is 5.21. The van der Waals surface area contributed by atoms with Crippen LogP contribution in [0.15, 0.2) is 43.1 Å². The van der Waals surface area contributed by atoms with Crippen molar-refractivity contribution < 1.29 is 0 Å². The van der Waals surface area contributed by atoms with Crippen molar-refractivity contribution in [3.63, 3.8) is 0 Å². The third-order valence-electron chi connectivity index (χ3n) is 5.00. The molecule has 0 saturated carbocycles. The van der Waals surface area contributed by atoms with Gasteiger partial charge in [-0.3, -0.25) is 9.88 Å². The van der Waals surface area contributed by atoms with E-state index in [0.717, 1.165) is 31.9 Å². The van der Waals surface area contributed by atoms with Gasteiger partial charge in [0.15, 0.2) is 5.82 Å². The van der Waals surface area contributed by atoms with Gasteiger partial charge in [0, 0.05) is 56.0 Å². The summed E-state index contributed by atoms with van der Waals surface area (Å²) in [6.07, 6.45) is 6.55. The van der Waals surface area contributed by atoms with Crippen LogP contribution in [0.2, 0.25) is 0 Å². The van der Waals surface area contributed by atoms with Crippen LogP contribution in [0.5, 0.6) is 0 Å². The lowest BCUT2D eigenvalue weighted by molar-refractivity contribution is 0.209. The van der Waals surface area contributed by atoms with Crippen molar-refractivity contribution in [1.82, 2.24) is 29.6 Å². The van der Waals surface area contributed by atoms with Crippen molar-refractivity contribution >= 4 is 17.3 Å². The minimum atomic E-state index is 0.534. The van der Waals surface area contributed by atoms with Crippen LogP contribution in [0.1, 0.15) is 19.4 Å². The number of hydrogen-bond donors (Lipinski definition) is 1. The summed E-state index contributed by atoms with van der Waals surface area (Å²) in [4.78, 5) is 17.6. The Bertz CT molecular complexity index is 913. The number of anilines is 3. The molecule has 0 radical (unpaired) electrons. The van der Waals surface area contributed by atoms with Crippen LogP contribution in [0.25, 0.3) is 5.82 Å². The molecule has 8 nitrogen and oxygen atoms in total. The normalized spacial score (nSPS) is 15.2. The second-order valence-corrected chi connectivity index (χ2v) is 7.38. The Morgan fingerprint density at radius 3 is 2.54 bits per heavy atom. The van der Waals surface area contributed by atoms with Gasteiger partial charge in [-0.25, -0.2) is 4.98 Å². The molecule has 1 aliphatic rings. The highest BCUT2D eigenvalue weighted by molar-refractivity contribution is 5.64. The minimum Gasteiger partial charge on any atom is -0.369 e. The van der Waals surface area contributed by atoms with E-state index in [1.807, 2.05) is 0 Å². The SMILES string of the molecule is Cc1cc(Nc2ncn(-c3cnccn3)n2)cc(N2CCN(C(C)C)CC2)c1. The fourth-order valence-corrected chi connectivity index (χ4v) is 3.48. The predicted molar refractivity (Wildman–Crippen MR) is 110 cm³/mol. The van der Waals surface area contributed by atoms with Gasteiger partial charge in [-0.1, -0.05) is 0 Å². The average Bonchev–Trinajstić information content (AvgIpc) is 3.17. The molecule has 146 valence electrons. The molecule has 4 rings (SSSR count). The Labute approximate surface area is 165 Å². The fourth-order valence-electron chi connectivity index (χ4n) is 3.48. The molecule has 1 saturated heterocycles. The molecule has 0 spiro atoms. The Balaban J connectivity index is 1.48. The first kappa shape index (κ1) is 18.4. The maximum absolute atomic E-state index is 4.45. The smallest absolute Gasteiger partial charge is 0.247 e.